The highest BCUT2D eigenvalue weighted by molar-refractivity contribution is 7.16. The molecule has 0 saturated carbocycles. The van der Waals surface area contributed by atoms with E-state index in [1.807, 2.05) is 30.5 Å². The predicted molar refractivity (Wildman–Crippen MR) is 119 cm³/mol. The fraction of sp³-hybridized carbons (Fsp3) is 0.304. The Morgan fingerprint density at radius 3 is 2.65 bits per heavy atom. The van der Waals surface area contributed by atoms with E-state index in [4.69, 9.17) is 4.74 Å². The van der Waals surface area contributed by atoms with Gasteiger partial charge in [0.15, 0.2) is 4.80 Å². The van der Waals surface area contributed by atoms with Crippen LogP contribution in [0.3, 0.4) is 0 Å². The minimum Gasteiger partial charge on any atom is -0.380 e. The van der Waals surface area contributed by atoms with E-state index in [9.17, 15) is 14.4 Å². The minimum absolute atomic E-state index is 0.197. The van der Waals surface area contributed by atoms with E-state index in [1.54, 1.807) is 24.3 Å². The second-order valence-corrected chi connectivity index (χ2v) is 8.30. The van der Waals surface area contributed by atoms with Gasteiger partial charge < -0.3 is 9.30 Å². The van der Waals surface area contributed by atoms with Gasteiger partial charge in [-0.3, -0.25) is 19.3 Å². The van der Waals surface area contributed by atoms with Gasteiger partial charge in [0.05, 0.1) is 22.5 Å². The molecule has 0 spiro atoms. The van der Waals surface area contributed by atoms with E-state index in [0.717, 1.165) is 20.7 Å². The van der Waals surface area contributed by atoms with Crippen molar-refractivity contribution in [1.82, 2.24) is 4.57 Å². The zero-order valence-electron chi connectivity index (χ0n) is 17.5. The summed E-state index contributed by atoms with van der Waals surface area (Å²) in [6.45, 7) is 5.69. The van der Waals surface area contributed by atoms with Gasteiger partial charge in [0, 0.05) is 31.6 Å². The summed E-state index contributed by atoms with van der Waals surface area (Å²) in [6.07, 6.45) is 0.394. The van der Waals surface area contributed by atoms with Crippen LogP contribution < -0.4 is 9.70 Å². The topological polar surface area (TPSA) is 81.0 Å². The van der Waals surface area contributed by atoms with Crippen LogP contribution in [0.15, 0.2) is 47.5 Å². The smallest absolute Gasteiger partial charge is 0.279 e. The summed E-state index contributed by atoms with van der Waals surface area (Å²) in [6, 6.07) is 12.6. The van der Waals surface area contributed by atoms with Crippen molar-refractivity contribution in [2.24, 2.45) is 4.99 Å². The van der Waals surface area contributed by atoms with Gasteiger partial charge >= 0.3 is 0 Å². The van der Waals surface area contributed by atoms with Gasteiger partial charge in [0.1, 0.15) is 0 Å². The summed E-state index contributed by atoms with van der Waals surface area (Å²) >= 11 is 1.45. The third kappa shape index (κ3) is 4.35. The lowest BCUT2D eigenvalue weighted by Gasteiger charge is -2.14. The Kier molecular flexibility index (Phi) is 6.11. The summed E-state index contributed by atoms with van der Waals surface area (Å²) in [5, 5.41) is 0. The molecular formula is C23H23N3O4S. The zero-order chi connectivity index (χ0) is 22.0. The Bertz CT molecular complexity index is 1230. The van der Waals surface area contributed by atoms with Crippen LogP contribution in [0.2, 0.25) is 0 Å². The zero-order valence-corrected chi connectivity index (χ0v) is 18.3. The molecule has 0 unspecified atom stereocenters. The molecule has 0 atom stereocenters. The van der Waals surface area contributed by atoms with Gasteiger partial charge in [0.25, 0.3) is 5.91 Å². The molecule has 31 heavy (non-hydrogen) atoms. The van der Waals surface area contributed by atoms with Crippen LogP contribution in [0.1, 0.15) is 35.7 Å². The number of imide groups is 1. The number of hydrogen-bond donors (Lipinski definition) is 0. The number of nitrogens with zero attached hydrogens (tertiary/aromatic N) is 3. The number of benzene rings is 2. The number of aromatic nitrogens is 1. The van der Waals surface area contributed by atoms with Crippen LogP contribution >= 0.6 is 11.3 Å². The molecule has 3 amide bonds. The lowest BCUT2D eigenvalue weighted by molar-refractivity contribution is -0.121. The molecule has 0 N–H and O–H groups in total. The fourth-order valence-electron chi connectivity index (χ4n) is 3.58. The number of amides is 3. The van der Waals surface area contributed by atoms with E-state index in [2.05, 4.69) is 11.1 Å². The molecule has 0 aliphatic carbocycles. The van der Waals surface area contributed by atoms with Crippen LogP contribution in [0.4, 0.5) is 5.69 Å². The quantitative estimate of drug-likeness (QED) is 0.437. The fourth-order valence-corrected chi connectivity index (χ4v) is 4.73. The summed E-state index contributed by atoms with van der Waals surface area (Å²) in [7, 11) is 0. The number of carbonyl (C=O) groups is 3. The molecule has 1 aliphatic heterocycles. The first-order valence-corrected chi connectivity index (χ1v) is 11.0. The summed E-state index contributed by atoms with van der Waals surface area (Å²) in [5.41, 5.74) is 2.87. The van der Waals surface area contributed by atoms with Gasteiger partial charge in [-0.15, -0.1) is 0 Å². The third-order valence-corrected chi connectivity index (χ3v) is 6.14. The second kappa shape index (κ2) is 8.95. The van der Waals surface area contributed by atoms with E-state index in [0.29, 0.717) is 35.8 Å². The van der Waals surface area contributed by atoms with Crippen molar-refractivity contribution in [3.05, 3.63) is 58.4 Å². The van der Waals surface area contributed by atoms with E-state index < -0.39 is 5.91 Å². The van der Waals surface area contributed by atoms with Crippen LogP contribution in [0.25, 0.3) is 10.2 Å². The molecule has 1 fully saturated rings. The lowest BCUT2D eigenvalue weighted by Crippen LogP contribution is -2.28. The molecule has 1 aromatic heterocycles. The summed E-state index contributed by atoms with van der Waals surface area (Å²) < 4.78 is 8.54. The number of aryl methyl sites for hydroxylation is 1. The van der Waals surface area contributed by atoms with Crippen LogP contribution in [0.5, 0.6) is 0 Å². The van der Waals surface area contributed by atoms with Crippen molar-refractivity contribution >= 4 is 45.0 Å². The molecule has 1 saturated heterocycles. The average Bonchev–Trinajstić information content (AvgIpc) is 3.26. The van der Waals surface area contributed by atoms with Crippen molar-refractivity contribution in [2.45, 2.75) is 33.2 Å². The molecule has 2 aromatic carbocycles. The molecule has 2 heterocycles. The maximum Gasteiger partial charge on any atom is 0.279 e. The van der Waals surface area contributed by atoms with Crippen molar-refractivity contribution in [1.29, 1.82) is 0 Å². The van der Waals surface area contributed by atoms with Gasteiger partial charge in [0.2, 0.25) is 11.8 Å². The molecular weight excluding hydrogens is 414 g/mol. The van der Waals surface area contributed by atoms with Crippen molar-refractivity contribution in [3.63, 3.8) is 0 Å². The Morgan fingerprint density at radius 2 is 1.90 bits per heavy atom. The third-order valence-electron chi connectivity index (χ3n) is 5.10. The van der Waals surface area contributed by atoms with Gasteiger partial charge in [-0.05, 0) is 49.7 Å². The number of thiazole rings is 1. The highest BCUT2D eigenvalue weighted by Crippen LogP contribution is 2.24. The number of rotatable bonds is 6. The maximum atomic E-state index is 13.0. The van der Waals surface area contributed by atoms with Gasteiger partial charge in [-0.2, -0.15) is 4.99 Å². The molecule has 8 heteroatoms. The molecule has 0 bridgehead atoms. The number of ether oxygens (including phenoxy) is 1. The van der Waals surface area contributed by atoms with Gasteiger partial charge in [-0.1, -0.05) is 23.5 Å². The largest absolute Gasteiger partial charge is 0.380 e. The summed E-state index contributed by atoms with van der Waals surface area (Å²) in [5.74, 6) is -0.922. The van der Waals surface area contributed by atoms with E-state index >= 15 is 0 Å². The van der Waals surface area contributed by atoms with Crippen LogP contribution in [-0.2, 0) is 20.9 Å². The van der Waals surface area contributed by atoms with Gasteiger partial charge in [-0.25, -0.2) is 0 Å². The Morgan fingerprint density at radius 1 is 1.13 bits per heavy atom. The highest BCUT2D eigenvalue weighted by Gasteiger charge is 2.30. The number of anilines is 1. The van der Waals surface area contributed by atoms with Crippen LogP contribution in [-0.4, -0.2) is 35.5 Å². The van der Waals surface area contributed by atoms with Crippen LogP contribution in [0, 0.1) is 6.92 Å². The molecule has 160 valence electrons. The van der Waals surface area contributed by atoms with Crippen molar-refractivity contribution < 1.29 is 19.1 Å². The first kappa shape index (κ1) is 21.1. The normalized spacial score (nSPS) is 14.8. The second-order valence-electron chi connectivity index (χ2n) is 7.29. The number of hydrogen-bond acceptors (Lipinski definition) is 5. The Labute approximate surface area is 183 Å². The molecule has 0 radical (unpaired) electrons. The molecule has 7 nitrogen and oxygen atoms in total. The standard InChI is InChI=1S/C23H23N3O4S/c1-3-30-12-11-25-18-8-7-15(2)13-19(18)31-23(25)24-22(29)16-5-4-6-17(14-16)26-20(27)9-10-21(26)28/h4-8,13-14H,3,9-12H2,1-2H3. The first-order chi connectivity index (χ1) is 15.0. The average molecular weight is 438 g/mol. The molecule has 3 aromatic rings. The van der Waals surface area contributed by atoms with Crippen molar-refractivity contribution in [3.8, 4) is 0 Å². The SMILES string of the molecule is CCOCCn1c(=NC(=O)c2cccc(N3C(=O)CCC3=O)c2)sc2cc(C)ccc21. The Hall–Kier alpha value is -3.10. The minimum atomic E-state index is -0.422. The highest BCUT2D eigenvalue weighted by atomic mass is 32.1. The first-order valence-electron chi connectivity index (χ1n) is 10.2. The maximum absolute atomic E-state index is 13.0. The summed E-state index contributed by atoms with van der Waals surface area (Å²) in [4.78, 5) is 43.2. The number of carbonyl (C=O) groups excluding carboxylic acids is 3. The molecule has 1 aliphatic rings. The van der Waals surface area contributed by atoms with E-state index in [1.165, 1.54) is 11.3 Å². The predicted octanol–water partition coefficient (Wildman–Crippen LogP) is 3.44. The Balaban J connectivity index is 1.72. The molecule has 4 rings (SSSR count). The number of fused-ring (bicyclic) bond motifs is 1. The lowest BCUT2D eigenvalue weighted by atomic mass is 10.2. The van der Waals surface area contributed by atoms with Crippen molar-refractivity contribution in [2.75, 3.05) is 18.1 Å². The van der Waals surface area contributed by atoms with E-state index in [-0.39, 0.29) is 24.7 Å². The monoisotopic (exact) mass is 437 g/mol.